The molecule has 0 bridgehead atoms. The van der Waals surface area contributed by atoms with Crippen molar-refractivity contribution < 1.29 is 14.3 Å². The molecule has 198 valence electrons. The van der Waals surface area contributed by atoms with Crippen molar-refractivity contribution in [2.45, 2.75) is 39.2 Å². The number of urea groups is 1. The average molecular weight is 515 g/mol. The second-order valence-electron chi connectivity index (χ2n) is 8.93. The first-order valence-corrected chi connectivity index (χ1v) is 12.9. The molecule has 1 atom stereocenters. The number of hydrogen-bond acceptors (Lipinski definition) is 5. The van der Waals surface area contributed by atoms with E-state index in [1.165, 1.54) is 0 Å². The summed E-state index contributed by atoms with van der Waals surface area (Å²) in [6.45, 7) is 4.58. The third-order valence-corrected chi connectivity index (χ3v) is 6.54. The van der Waals surface area contributed by atoms with Gasteiger partial charge in [-0.15, -0.1) is 0 Å². The van der Waals surface area contributed by atoms with E-state index in [1.807, 2.05) is 55.5 Å². The van der Waals surface area contributed by atoms with E-state index in [-0.39, 0.29) is 11.6 Å². The minimum atomic E-state index is -0.455. The fraction of sp³-hybridized carbons (Fsp3) is 0.300. The molecule has 2 amide bonds. The third-order valence-electron chi connectivity index (χ3n) is 6.54. The monoisotopic (exact) mass is 514 g/mol. The summed E-state index contributed by atoms with van der Waals surface area (Å²) in [6.07, 6.45) is 2.27. The van der Waals surface area contributed by atoms with Gasteiger partial charge in [-0.2, -0.15) is 0 Å². The molecular weight excluding hydrogens is 480 g/mol. The lowest BCUT2D eigenvalue weighted by Gasteiger charge is -2.32. The van der Waals surface area contributed by atoms with Gasteiger partial charge in [0.2, 0.25) is 0 Å². The molecule has 1 aromatic heterocycles. The maximum Gasteiger partial charge on any atom is 0.322 e. The zero-order valence-electron chi connectivity index (χ0n) is 22.3. The van der Waals surface area contributed by atoms with Crippen LogP contribution in [0.5, 0.6) is 11.5 Å². The van der Waals surface area contributed by atoms with E-state index in [0.717, 1.165) is 12.8 Å². The van der Waals surface area contributed by atoms with Gasteiger partial charge in [0.1, 0.15) is 17.3 Å². The molecule has 0 fully saturated rings. The van der Waals surface area contributed by atoms with Crippen molar-refractivity contribution in [1.29, 1.82) is 0 Å². The Morgan fingerprint density at radius 2 is 1.74 bits per heavy atom. The Labute approximate surface area is 222 Å². The number of aromatic nitrogens is 2. The van der Waals surface area contributed by atoms with E-state index in [4.69, 9.17) is 14.5 Å². The summed E-state index contributed by atoms with van der Waals surface area (Å²) >= 11 is 0. The van der Waals surface area contributed by atoms with Crippen LogP contribution in [0.1, 0.15) is 45.0 Å². The van der Waals surface area contributed by atoms with Crippen molar-refractivity contribution in [2.75, 3.05) is 26.1 Å². The Hall–Kier alpha value is -4.33. The van der Waals surface area contributed by atoms with Crippen molar-refractivity contribution in [3.05, 3.63) is 89.0 Å². The van der Waals surface area contributed by atoms with E-state index in [2.05, 4.69) is 12.2 Å². The maximum absolute atomic E-state index is 13.8. The van der Waals surface area contributed by atoms with Gasteiger partial charge in [0, 0.05) is 12.6 Å². The van der Waals surface area contributed by atoms with Gasteiger partial charge >= 0.3 is 6.03 Å². The van der Waals surface area contributed by atoms with Gasteiger partial charge in [0.15, 0.2) is 0 Å². The van der Waals surface area contributed by atoms with Gasteiger partial charge in [-0.1, -0.05) is 50.6 Å². The van der Waals surface area contributed by atoms with Crippen molar-refractivity contribution in [2.24, 2.45) is 0 Å². The minimum absolute atomic E-state index is 0.164. The summed E-state index contributed by atoms with van der Waals surface area (Å²) in [6, 6.07) is 21.3. The molecule has 3 aromatic carbocycles. The van der Waals surface area contributed by atoms with E-state index < -0.39 is 6.04 Å². The molecule has 8 heteroatoms. The quantitative estimate of drug-likeness (QED) is 0.273. The highest BCUT2D eigenvalue weighted by Crippen LogP contribution is 2.31. The molecular formula is C30H34N4O4. The van der Waals surface area contributed by atoms with Crippen LogP contribution in [0, 0.1) is 0 Å². The molecule has 0 aliphatic rings. The number of rotatable bonds is 10. The number of amides is 2. The number of nitrogens with one attached hydrogen (secondary N) is 1. The van der Waals surface area contributed by atoms with Crippen LogP contribution in [0.3, 0.4) is 0 Å². The molecule has 4 rings (SSSR count). The smallest absolute Gasteiger partial charge is 0.322 e. The lowest BCUT2D eigenvalue weighted by Crippen LogP contribution is -2.41. The summed E-state index contributed by atoms with van der Waals surface area (Å²) in [5, 5.41) is 3.54. The van der Waals surface area contributed by atoms with Crippen LogP contribution < -0.4 is 20.3 Å². The highest BCUT2D eigenvalue weighted by atomic mass is 16.5. The molecule has 38 heavy (non-hydrogen) atoms. The molecule has 0 saturated carbocycles. The standard InChI is InChI=1S/C30H34N4O4/c1-5-7-19-33(30(36)32-25-18-17-22(37-3)20-27(25)38-4)26(6-2)28-31-24-16-12-11-15-23(24)29(35)34(28)21-13-9-8-10-14-21/h8-18,20,26H,5-7,19H2,1-4H3,(H,32,36). The fourth-order valence-electron chi connectivity index (χ4n) is 4.56. The number of unbranched alkanes of at least 4 members (excludes halogenated alkanes) is 1. The predicted octanol–water partition coefficient (Wildman–Crippen LogP) is 6.19. The van der Waals surface area contributed by atoms with Crippen LogP contribution in [0.15, 0.2) is 77.6 Å². The topological polar surface area (TPSA) is 85.7 Å². The highest BCUT2D eigenvalue weighted by Gasteiger charge is 2.29. The number of methoxy groups -OCH3 is 2. The Kier molecular flexibility index (Phi) is 8.63. The number of para-hydroxylation sites is 2. The first kappa shape index (κ1) is 26.7. The van der Waals surface area contributed by atoms with Gasteiger partial charge in [-0.25, -0.2) is 9.78 Å². The molecule has 0 aliphatic carbocycles. The largest absolute Gasteiger partial charge is 0.497 e. The molecule has 1 heterocycles. The summed E-state index contributed by atoms with van der Waals surface area (Å²) in [4.78, 5) is 34.3. The van der Waals surface area contributed by atoms with Crippen LogP contribution in [-0.4, -0.2) is 41.2 Å². The van der Waals surface area contributed by atoms with Crippen LogP contribution in [0.25, 0.3) is 16.6 Å². The van der Waals surface area contributed by atoms with Gasteiger partial charge in [-0.3, -0.25) is 9.36 Å². The van der Waals surface area contributed by atoms with Gasteiger partial charge < -0.3 is 19.7 Å². The van der Waals surface area contributed by atoms with E-state index in [9.17, 15) is 9.59 Å². The second-order valence-corrected chi connectivity index (χ2v) is 8.93. The summed E-state index contributed by atoms with van der Waals surface area (Å²) in [5.41, 5.74) is 1.67. The Morgan fingerprint density at radius 3 is 2.42 bits per heavy atom. The van der Waals surface area contributed by atoms with Crippen molar-refractivity contribution in [1.82, 2.24) is 14.5 Å². The van der Waals surface area contributed by atoms with E-state index in [1.54, 1.807) is 48.0 Å². The molecule has 0 spiro atoms. The Bertz CT molecular complexity index is 1450. The fourth-order valence-corrected chi connectivity index (χ4v) is 4.56. The Balaban J connectivity index is 1.83. The first-order chi connectivity index (χ1) is 18.5. The van der Waals surface area contributed by atoms with Gasteiger partial charge in [0.05, 0.1) is 42.5 Å². The van der Waals surface area contributed by atoms with Crippen molar-refractivity contribution in [3.63, 3.8) is 0 Å². The summed E-state index contributed by atoms with van der Waals surface area (Å²) < 4.78 is 12.4. The molecule has 4 aromatic rings. The van der Waals surface area contributed by atoms with Gasteiger partial charge in [0.25, 0.3) is 5.56 Å². The normalized spacial score (nSPS) is 11.7. The van der Waals surface area contributed by atoms with E-state index in [0.29, 0.717) is 52.6 Å². The maximum atomic E-state index is 13.8. The summed E-state index contributed by atoms with van der Waals surface area (Å²) in [7, 11) is 3.12. The predicted molar refractivity (Wildman–Crippen MR) is 151 cm³/mol. The van der Waals surface area contributed by atoms with Crippen molar-refractivity contribution in [3.8, 4) is 17.2 Å². The van der Waals surface area contributed by atoms with Crippen molar-refractivity contribution >= 4 is 22.6 Å². The highest BCUT2D eigenvalue weighted by molar-refractivity contribution is 5.91. The molecule has 0 radical (unpaired) electrons. The van der Waals surface area contributed by atoms with Crippen LogP contribution >= 0.6 is 0 Å². The minimum Gasteiger partial charge on any atom is -0.497 e. The Morgan fingerprint density at radius 1 is 1.00 bits per heavy atom. The van der Waals surface area contributed by atoms with Crippen LogP contribution in [0.2, 0.25) is 0 Å². The molecule has 8 nitrogen and oxygen atoms in total. The number of carbonyl (C=O) groups is 1. The molecule has 0 saturated heterocycles. The average Bonchev–Trinajstić information content (AvgIpc) is 2.95. The SMILES string of the molecule is CCCCN(C(=O)Nc1ccc(OC)cc1OC)C(CC)c1nc2ccccc2c(=O)n1-c1ccccc1. The first-order valence-electron chi connectivity index (χ1n) is 12.9. The number of nitrogens with zero attached hydrogens (tertiary/aromatic N) is 3. The molecule has 0 aliphatic heterocycles. The number of ether oxygens (including phenoxy) is 2. The van der Waals surface area contributed by atoms with Crippen LogP contribution in [-0.2, 0) is 0 Å². The lowest BCUT2D eigenvalue weighted by atomic mass is 10.1. The summed E-state index contributed by atoms with van der Waals surface area (Å²) in [5.74, 6) is 1.64. The number of hydrogen-bond donors (Lipinski definition) is 1. The zero-order valence-corrected chi connectivity index (χ0v) is 22.3. The van der Waals surface area contributed by atoms with E-state index >= 15 is 0 Å². The second kappa shape index (κ2) is 12.3. The zero-order chi connectivity index (χ0) is 27.1. The molecule has 1 unspecified atom stereocenters. The number of anilines is 1. The number of carbonyl (C=O) groups excluding carboxylic acids is 1. The lowest BCUT2D eigenvalue weighted by molar-refractivity contribution is 0.180. The molecule has 1 N–H and O–H groups in total. The number of fused-ring (bicyclic) bond motifs is 1. The van der Waals surface area contributed by atoms with Gasteiger partial charge in [-0.05, 0) is 49.2 Å². The third kappa shape index (κ3) is 5.49. The van der Waals surface area contributed by atoms with Crippen LogP contribution in [0.4, 0.5) is 10.5 Å². The number of benzene rings is 3.